The van der Waals surface area contributed by atoms with Crippen molar-refractivity contribution >= 4 is 16.5 Å². The van der Waals surface area contributed by atoms with E-state index in [9.17, 15) is 13.2 Å². The number of nitrogens with zero attached hydrogens (tertiary/aromatic N) is 2. The van der Waals surface area contributed by atoms with Gasteiger partial charge in [-0.25, -0.2) is 4.98 Å². The van der Waals surface area contributed by atoms with Crippen molar-refractivity contribution in [3.8, 4) is 0 Å². The Bertz CT molecular complexity index is 396. The van der Waals surface area contributed by atoms with Gasteiger partial charge in [0.05, 0.1) is 4.88 Å². The van der Waals surface area contributed by atoms with Gasteiger partial charge in [0.2, 0.25) is 0 Å². The average molecular weight is 265 g/mol. The third-order valence-corrected chi connectivity index (χ3v) is 3.69. The molecule has 0 unspecified atom stereocenters. The van der Waals surface area contributed by atoms with Crippen LogP contribution in [0.4, 0.5) is 18.3 Å². The Morgan fingerprint density at radius 1 is 1.41 bits per heavy atom. The molecule has 1 aromatic heterocycles. The van der Waals surface area contributed by atoms with E-state index in [-0.39, 0.29) is 11.4 Å². The molecule has 1 aliphatic carbocycles. The Hall–Kier alpha value is -0.820. The third-order valence-electron chi connectivity index (χ3n) is 2.47. The van der Waals surface area contributed by atoms with Gasteiger partial charge >= 0.3 is 6.18 Å². The number of aromatic nitrogens is 1. The molecule has 1 saturated carbocycles. The van der Waals surface area contributed by atoms with E-state index in [1.54, 1.807) is 19.0 Å². The molecule has 0 aromatic carbocycles. The zero-order chi connectivity index (χ0) is 12.6. The molecule has 3 nitrogen and oxygen atoms in total. The topological polar surface area (TPSA) is 28.2 Å². The van der Waals surface area contributed by atoms with E-state index < -0.39 is 11.9 Å². The molecule has 1 fully saturated rings. The average Bonchev–Trinajstić information content (AvgIpc) is 2.91. The van der Waals surface area contributed by atoms with Gasteiger partial charge in [-0.3, -0.25) is 0 Å². The number of hydrogen-bond acceptors (Lipinski definition) is 4. The number of anilines is 1. The van der Waals surface area contributed by atoms with Crippen LogP contribution in [0.5, 0.6) is 0 Å². The van der Waals surface area contributed by atoms with Crippen LogP contribution in [0.2, 0.25) is 0 Å². The Kier molecular flexibility index (Phi) is 3.31. The van der Waals surface area contributed by atoms with Gasteiger partial charge in [-0.05, 0) is 12.8 Å². The summed E-state index contributed by atoms with van der Waals surface area (Å²) in [6.45, 7) is 0.255. The van der Waals surface area contributed by atoms with Crippen molar-refractivity contribution < 1.29 is 13.2 Å². The molecule has 1 heterocycles. The quantitative estimate of drug-likeness (QED) is 0.906. The van der Waals surface area contributed by atoms with Crippen molar-refractivity contribution in [3.05, 3.63) is 10.6 Å². The van der Waals surface area contributed by atoms with E-state index >= 15 is 0 Å². The highest BCUT2D eigenvalue weighted by Crippen LogP contribution is 2.37. The Morgan fingerprint density at radius 2 is 2.06 bits per heavy atom. The van der Waals surface area contributed by atoms with E-state index in [0.717, 1.165) is 24.2 Å². The Morgan fingerprint density at radius 3 is 2.53 bits per heavy atom. The number of halogens is 3. The molecule has 1 aliphatic rings. The molecule has 0 aliphatic heterocycles. The number of hydrogen-bond donors (Lipinski definition) is 1. The van der Waals surface area contributed by atoms with Gasteiger partial charge in [-0.15, -0.1) is 0 Å². The summed E-state index contributed by atoms with van der Waals surface area (Å²) in [6, 6.07) is 0.390. The van der Waals surface area contributed by atoms with Gasteiger partial charge in [0, 0.05) is 26.7 Å². The molecule has 0 saturated heterocycles. The number of rotatable bonds is 4. The molecule has 7 heteroatoms. The van der Waals surface area contributed by atoms with Crippen LogP contribution in [0.3, 0.4) is 0 Å². The second-order valence-electron chi connectivity index (χ2n) is 4.32. The first kappa shape index (κ1) is 12.6. The van der Waals surface area contributed by atoms with Crippen molar-refractivity contribution in [2.24, 2.45) is 0 Å². The SMILES string of the molecule is CN(C)c1nc(C(F)(F)F)c(CNC2CC2)s1. The number of nitrogens with one attached hydrogen (secondary N) is 1. The highest BCUT2D eigenvalue weighted by atomic mass is 32.1. The third kappa shape index (κ3) is 3.10. The van der Waals surface area contributed by atoms with E-state index in [1.165, 1.54) is 0 Å². The largest absolute Gasteiger partial charge is 0.434 e. The maximum absolute atomic E-state index is 12.8. The fraction of sp³-hybridized carbons (Fsp3) is 0.700. The minimum Gasteiger partial charge on any atom is -0.354 e. The molecule has 1 N–H and O–H groups in total. The summed E-state index contributed by atoms with van der Waals surface area (Å²) in [6.07, 6.45) is -2.26. The maximum Gasteiger partial charge on any atom is 0.434 e. The van der Waals surface area contributed by atoms with Gasteiger partial charge in [0.25, 0.3) is 0 Å². The highest BCUT2D eigenvalue weighted by molar-refractivity contribution is 7.15. The monoisotopic (exact) mass is 265 g/mol. The Labute approximate surface area is 102 Å². The highest BCUT2D eigenvalue weighted by Gasteiger charge is 2.38. The molecular formula is C10H14F3N3S. The minimum absolute atomic E-state index is 0.255. The van der Waals surface area contributed by atoms with Crippen LogP contribution in [0.25, 0.3) is 0 Å². The van der Waals surface area contributed by atoms with Crippen molar-refractivity contribution in [3.63, 3.8) is 0 Å². The molecular weight excluding hydrogens is 251 g/mol. The summed E-state index contributed by atoms with van der Waals surface area (Å²) in [5, 5.41) is 3.48. The summed E-state index contributed by atoms with van der Waals surface area (Å²) in [4.78, 5) is 5.53. The molecule has 0 atom stereocenters. The second kappa shape index (κ2) is 4.45. The van der Waals surface area contributed by atoms with Crippen LogP contribution in [-0.2, 0) is 12.7 Å². The smallest absolute Gasteiger partial charge is 0.354 e. The summed E-state index contributed by atoms with van der Waals surface area (Å²) < 4.78 is 38.3. The first-order valence-corrected chi connectivity index (χ1v) is 6.17. The van der Waals surface area contributed by atoms with Crippen molar-refractivity contribution in [1.29, 1.82) is 0 Å². The van der Waals surface area contributed by atoms with Crippen molar-refractivity contribution in [2.45, 2.75) is 31.6 Å². The maximum atomic E-state index is 12.8. The first-order chi connectivity index (χ1) is 7.88. The lowest BCUT2D eigenvalue weighted by Gasteiger charge is -2.06. The van der Waals surface area contributed by atoms with Crippen LogP contribution in [0.1, 0.15) is 23.4 Å². The van der Waals surface area contributed by atoms with Crippen LogP contribution < -0.4 is 10.2 Å². The molecule has 0 bridgehead atoms. The summed E-state index contributed by atoms with van der Waals surface area (Å²) in [5.74, 6) is 0. The Balaban J connectivity index is 2.20. The predicted octanol–water partition coefficient (Wildman–Crippen LogP) is 2.48. The van der Waals surface area contributed by atoms with Gasteiger partial charge < -0.3 is 10.2 Å². The molecule has 0 amide bonds. The molecule has 0 radical (unpaired) electrons. The summed E-state index contributed by atoms with van der Waals surface area (Å²) in [5.41, 5.74) is -0.751. The predicted molar refractivity (Wildman–Crippen MR) is 61.3 cm³/mol. The van der Waals surface area contributed by atoms with Crippen LogP contribution >= 0.6 is 11.3 Å². The van der Waals surface area contributed by atoms with Crippen LogP contribution in [-0.4, -0.2) is 25.1 Å². The minimum atomic E-state index is -4.37. The number of thiazole rings is 1. The summed E-state index contributed by atoms with van der Waals surface area (Å²) >= 11 is 1.10. The van der Waals surface area contributed by atoms with Crippen molar-refractivity contribution in [2.75, 3.05) is 19.0 Å². The summed E-state index contributed by atoms with van der Waals surface area (Å²) in [7, 11) is 3.38. The van der Waals surface area contributed by atoms with E-state index in [4.69, 9.17) is 0 Å². The molecule has 17 heavy (non-hydrogen) atoms. The van der Waals surface area contributed by atoms with Gasteiger partial charge in [-0.1, -0.05) is 11.3 Å². The second-order valence-corrected chi connectivity index (χ2v) is 5.38. The van der Waals surface area contributed by atoms with Crippen LogP contribution in [0, 0.1) is 0 Å². The number of alkyl halides is 3. The molecule has 0 spiro atoms. The zero-order valence-electron chi connectivity index (χ0n) is 9.64. The van der Waals surface area contributed by atoms with E-state index in [0.29, 0.717) is 11.2 Å². The fourth-order valence-electron chi connectivity index (χ4n) is 1.40. The lowest BCUT2D eigenvalue weighted by molar-refractivity contribution is -0.141. The van der Waals surface area contributed by atoms with Gasteiger partial charge in [-0.2, -0.15) is 13.2 Å². The van der Waals surface area contributed by atoms with Gasteiger partial charge in [0.1, 0.15) is 0 Å². The standard InChI is InChI=1S/C10H14F3N3S/c1-16(2)9-15-8(10(11,12)13)7(17-9)5-14-6-3-4-6/h6,14H,3-5H2,1-2H3. The van der Waals surface area contributed by atoms with Crippen molar-refractivity contribution in [1.82, 2.24) is 10.3 Å². The lowest BCUT2D eigenvalue weighted by Crippen LogP contribution is -2.18. The van der Waals surface area contributed by atoms with Crippen LogP contribution in [0.15, 0.2) is 0 Å². The van der Waals surface area contributed by atoms with E-state index in [1.807, 2.05) is 0 Å². The van der Waals surface area contributed by atoms with Gasteiger partial charge in [0.15, 0.2) is 10.8 Å². The molecule has 2 rings (SSSR count). The molecule has 96 valence electrons. The van der Waals surface area contributed by atoms with E-state index in [2.05, 4.69) is 10.3 Å². The zero-order valence-corrected chi connectivity index (χ0v) is 10.5. The normalized spacial score (nSPS) is 16.3. The fourth-order valence-corrected chi connectivity index (χ4v) is 2.35. The molecule has 1 aromatic rings. The first-order valence-electron chi connectivity index (χ1n) is 5.35. The lowest BCUT2D eigenvalue weighted by atomic mass is 10.3.